The summed E-state index contributed by atoms with van der Waals surface area (Å²) >= 11 is 4.32. The van der Waals surface area contributed by atoms with Crippen LogP contribution in [0.2, 0.25) is 0 Å². The number of carbonyl (C=O) groups excluding carboxylic acids is 12. The molecule has 30 nitrogen and oxygen atoms in total. The Labute approximate surface area is 877 Å². The van der Waals surface area contributed by atoms with Crippen molar-refractivity contribution in [3.05, 3.63) is 332 Å². The smallest absolute Gasteiger partial charge is 0.274 e. The molecule has 12 aromatic rings. The summed E-state index contributed by atoms with van der Waals surface area (Å²) in [7, 11) is 0. The average Bonchev–Trinajstić information content (AvgIpc) is 1.50. The average molecular weight is 2070 g/mol. The Morgan fingerprint density at radius 1 is 0.360 bits per heavy atom. The number of rotatable bonds is 20. The van der Waals surface area contributed by atoms with E-state index in [0.29, 0.717) is 72.5 Å². The van der Waals surface area contributed by atoms with Gasteiger partial charge in [-0.05, 0) is 311 Å². The van der Waals surface area contributed by atoms with Gasteiger partial charge < -0.3 is 54.9 Å². The number of benzene rings is 6. The lowest BCUT2D eigenvalue weighted by atomic mass is 9.49. The molecule has 16 aliphatic rings. The molecule has 4 aliphatic carbocycles. The molecule has 6 saturated heterocycles. The molecule has 768 valence electrons. The number of hydrogen-bond donors (Lipinski definition) is 7. The number of nitrogens with one attached hydrogen (secondary N) is 1. The number of amides is 7. The van der Waals surface area contributed by atoms with Crippen molar-refractivity contribution in [1.82, 2.24) is 59.8 Å². The van der Waals surface area contributed by atoms with E-state index >= 15 is 0 Å². The quantitative estimate of drug-likeness (QED) is 0.0212. The lowest BCUT2D eigenvalue weighted by molar-refractivity contribution is -0.160. The molecule has 33 heteroatoms. The van der Waals surface area contributed by atoms with E-state index in [1.807, 2.05) is 167 Å². The Morgan fingerprint density at radius 2 is 0.707 bits per heavy atom. The van der Waals surface area contributed by atoms with Crippen molar-refractivity contribution in [1.29, 1.82) is 0 Å². The highest BCUT2D eigenvalue weighted by atomic mass is 32.1. The van der Waals surface area contributed by atoms with Crippen molar-refractivity contribution in [3.8, 4) is 21.3 Å². The summed E-state index contributed by atoms with van der Waals surface area (Å²) in [6, 6.07) is 54.6. The predicted molar refractivity (Wildman–Crippen MR) is 556 cm³/mol. The highest BCUT2D eigenvalue weighted by molar-refractivity contribution is 7.17. The van der Waals surface area contributed by atoms with Crippen LogP contribution in [-0.4, -0.2) is 188 Å². The number of fused-ring (bicyclic) bond motifs is 30. The molecular weight excluding hydrogens is 1960 g/mol. The van der Waals surface area contributed by atoms with E-state index in [2.05, 4.69) is 29.8 Å². The second kappa shape index (κ2) is 41.5. The molecular formula is C117H114N12O18S3. The molecule has 0 spiro atoms. The third kappa shape index (κ3) is 17.9. The Bertz CT molecular complexity index is 7400. The van der Waals surface area contributed by atoms with Crippen molar-refractivity contribution in [2.24, 2.45) is 23.2 Å². The first-order valence-corrected chi connectivity index (χ1v) is 54.5. The summed E-state index contributed by atoms with van der Waals surface area (Å²) in [5.41, 5.74) is 21.1. The van der Waals surface area contributed by atoms with Crippen LogP contribution >= 0.6 is 34.0 Å². The standard InChI is InChI=1S/C23H27NO3.C22H19N3O3S.C22H18N2O3S.C17H15N3O3.C17H16N2O3S.C16H19NO3/c25-12-21(26)16-1-2-17-18(8-16)20-4-3-19(17)24(20)22(27)23-9-13-5-14(10-23)7-15(6-13)11-23;1-12-20(29-21(24-12)16-4-2-3-9-23-16)22(28)25-17-7-8-18(25)15-10-13(19(27)11-26)5-6-14(15)17;25-12-19(26)13-4-5-14-15(11-13)18-7-6-17(14)24(18)22(27)21-9-8-20(28-21)16-3-1-2-10-23-16;21-16(19-23)10-4-5-11-12(9-10)15-7-6-14(11)20(15)17(22)13-3-1-2-8-18-13;1-9-18-13(8-23-9)17(22)19-14-4-5-15(19)12-6-10(16(21)7-20)2-3-11(12)14;1-2-3-16(20)17-13-6-7-14(17)12-8-10(15(19)9-18)4-5-11(12)13/h1-2,8,13-15,19-20,25H,3-7,9-12H2;2-6,9-10,17-18,26H,7-8,11H2,1H3;1-5,8-11,17-18,25H,6-7,12H2;1-5,8-9,14-15,23H,6-7H2,(H,19,21);2-3,6,8,14-15,20H,4-5,7H2,1H3;4-5,8,13-14,18H,2-3,6-7,9H2,1H3. The van der Waals surface area contributed by atoms with Crippen LogP contribution in [0.4, 0.5) is 0 Å². The van der Waals surface area contributed by atoms with Crippen LogP contribution in [0.25, 0.3) is 21.3 Å². The molecule has 150 heavy (non-hydrogen) atoms. The Hall–Kier alpha value is -13.9. The number of nitrogens with zero attached hydrogens (tertiary/aromatic N) is 11. The minimum atomic E-state index is -0.543. The minimum Gasteiger partial charge on any atom is -0.388 e. The summed E-state index contributed by atoms with van der Waals surface area (Å²) in [6.07, 6.45) is 25.2. The van der Waals surface area contributed by atoms with E-state index in [1.54, 1.807) is 84.0 Å². The lowest BCUT2D eigenvalue weighted by Gasteiger charge is -2.56. The topological polar surface area (TPSA) is 422 Å². The zero-order valence-corrected chi connectivity index (χ0v) is 85.6. The van der Waals surface area contributed by atoms with E-state index in [9.17, 15) is 62.6 Å². The zero-order chi connectivity index (χ0) is 104. The Morgan fingerprint density at radius 3 is 1.08 bits per heavy atom. The van der Waals surface area contributed by atoms with Crippen molar-refractivity contribution in [2.45, 2.75) is 222 Å². The number of Topliss-reactive ketones (excluding diaryl/α,β-unsaturated/α-hetero) is 5. The SMILES string of the molecule is CCCC(=O)N1C2CCC1c1cc(C(=O)CO)ccc12.Cc1nc(-c2ccccn2)sc1C(=O)N1C2CCC1c1cc(C(=O)CO)ccc12.Cc1nc(C(=O)N2C3CCC2c2cc(C(=O)CO)ccc23)cs1.O=C(CO)c1ccc2c(c1)C1CCC2N1C(=O)C12CC3CC(CC(C3)C1)C2.O=C(CO)c1ccc2c(c1)C1CCC2N1C(=O)c1ccc(-c2ccccn2)s1.O=C(NO)c1ccc2c(c1)C1CCC2N1C(=O)c1ccccn1. The summed E-state index contributed by atoms with van der Waals surface area (Å²) in [4.78, 5) is 185. The number of hydrogen-bond acceptors (Lipinski definition) is 26. The molecule has 10 fully saturated rings. The van der Waals surface area contributed by atoms with Gasteiger partial charge in [-0.15, -0.1) is 34.0 Å². The van der Waals surface area contributed by atoms with Gasteiger partial charge in [-0.3, -0.25) is 77.7 Å². The first kappa shape index (κ1) is 101. The maximum atomic E-state index is 13.9. The number of aromatic nitrogens is 5. The number of pyridine rings is 3. The number of thiazole rings is 2. The number of thiophene rings is 1. The largest absolute Gasteiger partial charge is 0.388 e. The highest BCUT2D eigenvalue weighted by Crippen LogP contribution is 2.65. The van der Waals surface area contributed by atoms with Gasteiger partial charge in [-0.1, -0.05) is 91.9 Å². The molecule has 12 unspecified atom stereocenters. The Kier molecular flexibility index (Phi) is 27.8. The lowest BCUT2D eigenvalue weighted by Crippen LogP contribution is -2.54. The molecule has 28 rings (SSSR count). The van der Waals surface area contributed by atoms with Gasteiger partial charge in [-0.25, -0.2) is 15.4 Å². The zero-order valence-electron chi connectivity index (χ0n) is 83.1. The fourth-order valence-electron chi connectivity index (χ4n) is 27.6. The summed E-state index contributed by atoms with van der Waals surface area (Å²) in [5.74, 6) is 0.940. The van der Waals surface area contributed by atoms with Crippen LogP contribution in [0.5, 0.6) is 0 Å². The van der Waals surface area contributed by atoms with Gasteiger partial charge in [0.1, 0.15) is 54.3 Å². The van der Waals surface area contributed by atoms with Crippen LogP contribution in [0.3, 0.4) is 0 Å². The van der Waals surface area contributed by atoms with E-state index in [-0.39, 0.29) is 136 Å². The molecule has 7 N–H and O–H groups in total. The third-order valence-corrected chi connectivity index (χ3v) is 36.6. The molecule has 7 amide bonds. The van der Waals surface area contributed by atoms with Crippen LogP contribution in [0.1, 0.15) is 388 Å². The summed E-state index contributed by atoms with van der Waals surface area (Å²) < 4.78 is 0. The van der Waals surface area contributed by atoms with Crippen LogP contribution in [0, 0.1) is 37.0 Å². The van der Waals surface area contributed by atoms with Crippen LogP contribution in [-0.2, 0) is 9.59 Å². The number of aliphatic hydroxyl groups excluding tert-OH is 5. The second-order valence-corrected chi connectivity index (χ2v) is 45.0. The minimum absolute atomic E-state index is 0.000608. The molecule has 6 aromatic carbocycles. The fraction of sp³-hybridized carbons (Fsp3) is 0.376. The van der Waals surface area contributed by atoms with E-state index in [0.717, 1.165) is 202 Å². The number of carbonyl (C=O) groups is 12. The molecule has 0 radical (unpaired) electrons. The number of hydroxylamine groups is 1. The van der Waals surface area contributed by atoms with Crippen LogP contribution in [0.15, 0.2) is 200 Å². The molecule has 18 heterocycles. The predicted octanol–water partition coefficient (Wildman–Crippen LogP) is 18.8. The van der Waals surface area contributed by atoms with Crippen molar-refractivity contribution < 1.29 is 88.3 Å². The maximum Gasteiger partial charge on any atom is 0.274 e. The van der Waals surface area contributed by atoms with E-state index in [1.165, 1.54) is 64.4 Å². The van der Waals surface area contributed by atoms with Gasteiger partial charge in [0.2, 0.25) is 11.8 Å². The molecule has 12 atom stereocenters. The fourth-order valence-corrected chi connectivity index (χ4v) is 30.1. The third-order valence-electron chi connectivity index (χ3n) is 33.6. The van der Waals surface area contributed by atoms with Crippen molar-refractivity contribution in [3.63, 3.8) is 0 Å². The first-order chi connectivity index (χ1) is 72.8. The first-order valence-electron chi connectivity index (χ1n) is 52.0. The van der Waals surface area contributed by atoms with Gasteiger partial charge in [0.15, 0.2) is 28.9 Å². The highest BCUT2D eigenvalue weighted by Gasteiger charge is 2.60. The molecule has 16 bridgehead atoms. The normalized spacial score (nSPS) is 24.3. The molecule has 12 aliphatic heterocycles. The second-order valence-electron chi connectivity index (χ2n) is 41.9. The number of ketones is 5. The number of aliphatic hydroxyl groups is 5. The summed E-state index contributed by atoms with van der Waals surface area (Å²) in [5, 5.41) is 57.7. The van der Waals surface area contributed by atoms with Crippen molar-refractivity contribution >= 4 is 104 Å². The van der Waals surface area contributed by atoms with Crippen molar-refractivity contribution in [2.75, 3.05) is 33.0 Å². The monoisotopic (exact) mass is 2070 g/mol. The molecule has 4 saturated carbocycles. The summed E-state index contributed by atoms with van der Waals surface area (Å²) in [6.45, 7) is 3.34. The van der Waals surface area contributed by atoms with Crippen LogP contribution < -0.4 is 5.48 Å². The number of aryl methyl sites for hydroxylation is 2. The van der Waals surface area contributed by atoms with E-state index in [4.69, 9.17) is 25.6 Å². The van der Waals surface area contributed by atoms with Gasteiger partial charge >= 0.3 is 0 Å². The van der Waals surface area contributed by atoms with Gasteiger partial charge in [0.05, 0.1) is 110 Å². The van der Waals surface area contributed by atoms with Gasteiger partial charge in [-0.2, -0.15) is 0 Å². The Balaban J connectivity index is 0.000000102. The molecule has 6 aromatic heterocycles. The van der Waals surface area contributed by atoms with Gasteiger partial charge in [0, 0.05) is 63.8 Å². The van der Waals surface area contributed by atoms with Gasteiger partial charge in [0.25, 0.3) is 29.5 Å². The maximum absolute atomic E-state index is 13.9. The van der Waals surface area contributed by atoms with E-state index < -0.39 is 38.9 Å².